The maximum absolute atomic E-state index is 10.7. The zero-order valence-corrected chi connectivity index (χ0v) is 13.9. The number of ether oxygens (including phenoxy) is 2. The second kappa shape index (κ2) is 16.2. The molecule has 0 saturated heterocycles. The normalized spacial score (nSPS) is 8.43. The molecule has 0 N–H and O–H groups in total. The molecule has 1 radical (unpaired) electrons. The van der Waals surface area contributed by atoms with Gasteiger partial charge >= 0.3 is 5.97 Å². The Hall–Kier alpha value is 0.783. The van der Waals surface area contributed by atoms with Crippen molar-refractivity contribution in [1.82, 2.24) is 0 Å². The monoisotopic (exact) mass is 364 g/mol. The summed E-state index contributed by atoms with van der Waals surface area (Å²) in [5.41, 5.74) is 0. The Balaban J connectivity index is -0.000000605. The van der Waals surface area contributed by atoms with Gasteiger partial charge in [-0.25, -0.2) is 4.79 Å². The van der Waals surface area contributed by atoms with Crippen LogP contribution in [0.3, 0.4) is 0 Å². The van der Waals surface area contributed by atoms with Crippen LogP contribution in [0, 0.1) is 6.92 Å². The zero-order valence-electron chi connectivity index (χ0n) is 8.76. The summed E-state index contributed by atoms with van der Waals surface area (Å²) in [4.78, 5) is 10.7. The van der Waals surface area contributed by atoms with E-state index in [4.69, 9.17) is 4.74 Å². The average molecular weight is 366 g/mol. The predicted octanol–water partition coefficient (Wildman–Crippen LogP) is -1.43. The van der Waals surface area contributed by atoms with Crippen molar-refractivity contribution in [1.29, 1.82) is 0 Å². The molecule has 0 spiro atoms. The molecule has 5 heteroatoms. The van der Waals surface area contributed by atoms with Gasteiger partial charge in [0.15, 0.2) is 0 Å². The molecule has 0 unspecified atom stereocenters. The maximum atomic E-state index is 10.7. The molecule has 0 aromatic carbocycles. The van der Waals surface area contributed by atoms with E-state index in [0.29, 0.717) is 13.2 Å². The number of unbranched alkanes of at least 4 members (excludes halogenated alkanes) is 2. The predicted molar refractivity (Wildman–Crippen MR) is 46.7 cm³/mol. The summed E-state index contributed by atoms with van der Waals surface area (Å²) in [6, 6.07) is 0. The summed E-state index contributed by atoms with van der Waals surface area (Å²) >= 11 is 0. The van der Waals surface area contributed by atoms with Crippen LogP contribution in [0.25, 0.3) is 0 Å². The molecule has 0 aliphatic carbocycles. The Morgan fingerprint density at radius 3 is 2.50 bits per heavy atom. The van der Waals surface area contributed by atoms with Crippen LogP contribution in [0.2, 0.25) is 0 Å². The zero-order chi connectivity index (χ0) is 9.23. The molecule has 0 saturated carbocycles. The molecular weight excluding hydrogens is 348 g/mol. The van der Waals surface area contributed by atoms with Gasteiger partial charge in [-0.2, -0.15) is 0 Å². The van der Waals surface area contributed by atoms with E-state index in [9.17, 15) is 4.79 Å². The second-order valence-corrected chi connectivity index (χ2v) is 2.42. The number of halogens is 1. The van der Waals surface area contributed by atoms with Crippen LogP contribution < -0.4 is 24.0 Å². The number of carbonyl (C=O) groups excluding carboxylic acids is 1. The number of carbonyl (C=O) groups is 1. The molecule has 0 aromatic heterocycles. The Kier molecular flexibility index (Phi) is 23.4. The molecule has 81 valence electrons. The van der Waals surface area contributed by atoms with Gasteiger partial charge in [-0.15, -0.1) is 0 Å². The van der Waals surface area contributed by atoms with Gasteiger partial charge in [-0.1, -0.05) is 19.8 Å². The summed E-state index contributed by atoms with van der Waals surface area (Å²) in [5.74, 6) is -0.285. The topological polar surface area (TPSA) is 35.5 Å². The van der Waals surface area contributed by atoms with E-state index in [0.717, 1.165) is 19.3 Å². The summed E-state index contributed by atoms with van der Waals surface area (Å²) in [6.45, 7) is 6.59. The van der Waals surface area contributed by atoms with Crippen LogP contribution in [0.15, 0.2) is 0 Å². The number of hydrogen-bond acceptors (Lipinski definition) is 3. The van der Waals surface area contributed by atoms with Gasteiger partial charge in [-0.05, 0) is 13.3 Å². The van der Waals surface area contributed by atoms with E-state index in [1.165, 1.54) is 0 Å². The van der Waals surface area contributed by atoms with Crippen molar-refractivity contribution in [2.75, 3.05) is 19.8 Å². The molecule has 0 aromatic rings. The molecule has 0 amide bonds. The molecule has 0 fully saturated rings. The third-order valence-corrected chi connectivity index (χ3v) is 1.31. The Bertz CT molecular complexity index is 123. The molecule has 3 nitrogen and oxygen atoms in total. The molecule has 14 heavy (non-hydrogen) atoms. The number of esters is 1. The molecule has 0 rings (SSSR count). The van der Waals surface area contributed by atoms with Crippen LogP contribution in [-0.4, -0.2) is 25.8 Å². The van der Waals surface area contributed by atoms with E-state index >= 15 is 0 Å². The molecule has 0 atom stereocenters. The molecule has 0 aliphatic rings. The largest absolute Gasteiger partial charge is 1.00 e. The van der Waals surface area contributed by atoms with Crippen molar-refractivity contribution in [3.05, 3.63) is 6.92 Å². The summed E-state index contributed by atoms with van der Waals surface area (Å²) < 4.78 is 9.72. The first-order valence-electron chi connectivity index (χ1n) is 4.33. The van der Waals surface area contributed by atoms with E-state index in [-0.39, 0.29) is 56.0 Å². The average Bonchev–Trinajstić information content (AvgIpc) is 2.05. The molecular formula is C9H17IO3Zn-. The summed E-state index contributed by atoms with van der Waals surface area (Å²) in [7, 11) is 0. The Morgan fingerprint density at radius 1 is 1.36 bits per heavy atom. The van der Waals surface area contributed by atoms with E-state index in [2.05, 4.69) is 11.7 Å². The van der Waals surface area contributed by atoms with Crippen molar-refractivity contribution in [2.45, 2.75) is 26.2 Å². The number of rotatable bonds is 7. The molecule has 0 bridgehead atoms. The summed E-state index contributed by atoms with van der Waals surface area (Å²) in [5, 5.41) is 0. The van der Waals surface area contributed by atoms with Crippen molar-refractivity contribution in [3.63, 3.8) is 0 Å². The number of hydrogen-bond donors (Lipinski definition) is 0. The first kappa shape index (κ1) is 20.2. The minimum atomic E-state index is -0.285. The van der Waals surface area contributed by atoms with E-state index in [1.54, 1.807) is 6.92 Å². The first-order valence-corrected chi connectivity index (χ1v) is 4.33. The van der Waals surface area contributed by atoms with E-state index < -0.39 is 0 Å². The Morgan fingerprint density at radius 2 is 2.00 bits per heavy atom. The van der Waals surface area contributed by atoms with Gasteiger partial charge in [0.05, 0.1) is 6.61 Å². The Labute approximate surface area is 116 Å². The van der Waals surface area contributed by atoms with Crippen molar-refractivity contribution in [2.24, 2.45) is 0 Å². The van der Waals surface area contributed by atoms with Crippen LogP contribution in [-0.2, 0) is 33.7 Å². The quantitative estimate of drug-likeness (QED) is 0.240. The molecule has 0 heterocycles. The smallest absolute Gasteiger partial charge is 0.332 e. The third-order valence-electron chi connectivity index (χ3n) is 1.31. The fourth-order valence-corrected chi connectivity index (χ4v) is 0.739. The van der Waals surface area contributed by atoms with Crippen LogP contribution in [0.5, 0.6) is 0 Å². The van der Waals surface area contributed by atoms with Crippen LogP contribution >= 0.6 is 0 Å². The fraction of sp³-hybridized carbons (Fsp3) is 0.778. The van der Waals surface area contributed by atoms with Crippen LogP contribution in [0.4, 0.5) is 0 Å². The van der Waals surface area contributed by atoms with Crippen LogP contribution in [0.1, 0.15) is 26.2 Å². The SMILES string of the molecule is [CH2]CCCCOCC(=O)OCC.[I-].[Zn]. The second-order valence-electron chi connectivity index (χ2n) is 2.42. The summed E-state index contributed by atoms with van der Waals surface area (Å²) in [6.07, 6.45) is 2.93. The third kappa shape index (κ3) is 15.3. The van der Waals surface area contributed by atoms with Crippen molar-refractivity contribution >= 4 is 5.97 Å². The minimum Gasteiger partial charge on any atom is -1.00 e. The van der Waals surface area contributed by atoms with Gasteiger partial charge < -0.3 is 33.5 Å². The first-order chi connectivity index (χ1) is 5.81. The fourth-order valence-electron chi connectivity index (χ4n) is 0.739. The van der Waals surface area contributed by atoms with Crippen molar-refractivity contribution < 1.29 is 57.7 Å². The molecule has 0 aliphatic heterocycles. The van der Waals surface area contributed by atoms with Gasteiger partial charge in [0.25, 0.3) is 0 Å². The van der Waals surface area contributed by atoms with Gasteiger partial charge in [0.1, 0.15) is 6.61 Å². The van der Waals surface area contributed by atoms with Crippen molar-refractivity contribution in [3.8, 4) is 0 Å². The van der Waals surface area contributed by atoms with Gasteiger partial charge in [-0.3, -0.25) is 0 Å². The minimum absolute atomic E-state index is 0. The van der Waals surface area contributed by atoms with Gasteiger partial charge in [0, 0.05) is 26.1 Å². The van der Waals surface area contributed by atoms with Gasteiger partial charge in [0.2, 0.25) is 0 Å². The standard InChI is InChI=1S/C9H17O3.HI.Zn/c1-3-5-6-7-11-8-9(10)12-4-2;;/h1,3-8H2,2H3;1H;/p-1. The van der Waals surface area contributed by atoms with E-state index in [1.807, 2.05) is 0 Å². The maximum Gasteiger partial charge on any atom is 0.332 e.